The predicted octanol–water partition coefficient (Wildman–Crippen LogP) is 1.48. The maximum atomic E-state index is 10.4. The van der Waals surface area contributed by atoms with Gasteiger partial charge in [0.2, 0.25) is 0 Å². The average Bonchev–Trinajstić information content (AvgIpc) is 2.34. The summed E-state index contributed by atoms with van der Waals surface area (Å²) >= 11 is 0. The molecule has 1 aromatic rings. The molecule has 1 N–H and O–H groups in total. The Labute approximate surface area is 107 Å². The highest BCUT2D eigenvalue weighted by molar-refractivity contribution is 5.68. The maximum absolute atomic E-state index is 10.4. The van der Waals surface area contributed by atoms with E-state index in [9.17, 15) is 4.79 Å². The fourth-order valence-electron chi connectivity index (χ4n) is 1.51. The molecule has 0 saturated carbocycles. The minimum Gasteiger partial charge on any atom is -0.497 e. The van der Waals surface area contributed by atoms with Crippen molar-refractivity contribution in [2.75, 3.05) is 33.9 Å². The average molecular weight is 253 g/mol. The Hall–Kier alpha value is -1.75. The van der Waals surface area contributed by atoms with Crippen molar-refractivity contribution < 1.29 is 19.4 Å². The first-order valence-corrected chi connectivity index (χ1v) is 5.79. The zero-order chi connectivity index (χ0) is 13.4. The molecule has 0 spiro atoms. The van der Waals surface area contributed by atoms with Crippen LogP contribution in [0.25, 0.3) is 0 Å². The number of rotatable bonds is 8. The number of carboxylic acids is 1. The van der Waals surface area contributed by atoms with Gasteiger partial charge in [0.15, 0.2) is 0 Å². The highest BCUT2D eigenvalue weighted by atomic mass is 16.5. The Kier molecular flexibility index (Phi) is 6.00. The Morgan fingerprint density at radius 2 is 1.89 bits per heavy atom. The molecule has 0 aliphatic heterocycles. The summed E-state index contributed by atoms with van der Waals surface area (Å²) in [5.41, 5.74) is 0. The molecular formula is C13H19NO4. The Morgan fingerprint density at radius 3 is 2.44 bits per heavy atom. The molecule has 0 radical (unpaired) electrons. The van der Waals surface area contributed by atoms with Crippen LogP contribution in [0, 0.1) is 0 Å². The molecule has 0 atom stereocenters. The van der Waals surface area contributed by atoms with Gasteiger partial charge in [-0.1, -0.05) is 0 Å². The van der Waals surface area contributed by atoms with Crippen LogP contribution >= 0.6 is 0 Å². The molecule has 0 aromatic heterocycles. The van der Waals surface area contributed by atoms with Crippen LogP contribution in [0.1, 0.15) is 6.42 Å². The minimum absolute atomic E-state index is 0.0581. The van der Waals surface area contributed by atoms with Gasteiger partial charge in [-0.2, -0.15) is 0 Å². The van der Waals surface area contributed by atoms with Crippen LogP contribution in [0.5, 0.6) is 11.5 Å². The number of ether oxygens (including phenoxy) is 2. The van der Waals surface area contributed by atoms with Gasteiger partial charge in [0, 0.05) is 6.54 Å². The van der Waals surface area contributed by atoms with E-state index in [0.717, 1.165) is 17.9 Å². The van der Waals surface area contributed by atoms with E-state index in [-0.39, 0.29) is 6.54 Å². The number of carboxylic acid groups (broad SMARTS) is 1. The van der Waals surface area contributed by atoms with Gasteiger partial charge in [-0.05, 0) is 37.7 Å². The molecule has 0 saturated heterocycles. The number of methoxy groups -OCH3 is 1. The number of hydrogen-bond acceptors (Lipinski definition) is 4. The number of carbonyl (C=O) groups is 1. The number of benzene rings is 1. The molecule has 18 heavy (non-hydrogen) atoms. The molecular weight excluding hydrogens is 234 g/mol. The normalized spacial score (nSPS) is 10.4. The molecule has 0 unspecified atom stereocenters. The summed E-state index contributed by atoms with van der Waals surface area (Å²) in [6.07, 6.45) is 0.788. The summed E-state index contributed by atoms with van der Waals surface area (Å²) in [6.45, 7) is 1.32. The van der Waals surface area contributed by atoms with Crippen molar-refractivity contribution in [3.63, 3.8) is 0 Å². The Balaban J connectivity index is 2.19. The summed E-state index contributed by atoms with van der Waals surface area (Å²) in [6, 6.07) is 7.37. The summed E-state index contributed by atoms with van der Waals surface area (Å²) in [7, 11) is 3.40. The van der Waals surface area contributed by atoms with E-state index in [0.29, 0.717) is 13.2 Å². The second kappa shape index (κ2) is 7.55. The van der Waals surface area contributed by atoms with E-state index in [2.05, 4.69) is 0 Å². The van der Waals surface area contributed by atoms with E-state index in [1.807, 2.05) is 24.3 Å². The molecule has 5 nitrogen and oxygen atoms in total. The number of likely N-dealkylation sites (N-methyl/N-ethyl adjacent to an activating group) is 1. The zero-order valence-corrected chi connectivity index (χ0v) is 10.8. The van der Waals surface area contributed by atoms with Gasteiger partial charge in [-0.3, -0.25) is 9.69 Å². The molecule has 5 heteroatoms. The van der Waals surface area contributed by atoms with Crippen LogP contribution in [0.3, 0.4) is 0 Å². The second-order valence-electron chi connectivity index (χ2n) is 4.01. The Bertz CT molecular complexity index is 364. The Morgan fingerprint density at radius 1 is 1.28 bits per heavy atom. The van der Waals surface area contributed by atoms with Crippen LogP contribution in [-0.4, -0.2) is 49.8 Å². The lowest BCUT2D eigenvalue weighted by Crippen LogP contribution is -2.27. The van der Waals surface area contributed by atoms with Crippen molar-refractivity contribution in [2.24, 2.45) is 0 Å². The molecule has 0 amide bonds. The van der Waals surface area contributed by atoms with Gasteiger partial charge < -0.3 is 14.6 Å². The fraction of sp³-hybridized carbons (Fsp3) is 0.462. The van der Waals surface area contributed by atoms with Gasteiger partial charge in [-0.25, -0.2) is 0 Å². The van der Waals surface area contributed by atoms with Gasteiger partial charge in [0.1, 0.15) is 11.5 Å². The maximum Gasteiger partial charge on any atom is 0.317 e. The van der Waals surface area contributed by atoms with Crippen molar-refractivity contribution in [1.29, 1.82) is 0 Å². The third-order valence-corrected chi connectivity index (χ3v) is 2.42. The third-order valence-electron chi connectivity index (χ3n) is 2.42. The lowest BCUT2D eigenvalue weighted by atomic mass is 10.3. The van der Waals surface area contributed by atoms with Crippen molar-refractivity contribution in [3.8, 4) is 11.5 Å². The highest BCUT2D eigenvalue weighted by Crippen LogP contribution is 2.16. The lowest BCUT2D eigenvalue weighted by molar-refractivity contribution is -0.138. The standard InChI is InChI=1S/C13H19NO4/c1-14(10-13(15)16)8-3-9-18-12-6-4-11(17-2)5-7-12/h4-7H,3,8-10H2,1-2H3,(H,15,16). The van der Waals surface area contributed by atoms with Crippen LogP contribution in [-0.2, 0) is 4.79 Å². The van der Waals surface area contributed by atoms with Crippen molar-refractivity contribution >= 4 is 5.97 Å². The molecule has 0 bridgehead atoms. The molecule has 0 aliphatic rings. The summed E-state index contributed by atoms with van der Waals surface area (Å²) in [5.74, 6) is 0.772. The summed E-state index contributed by atoms with van der Waals surface area (Å²) < 4.78 is 10.6. The minimum atomic E-state index is -0.812. The van der Waals surface area contributed by atoms with Crippen LogP contribution in [0.4, 0.5) is 0 Å². The van der Waals surface area contributed by atoms with Gasteiger partial charge in [0.05, 0.1) is 20.3 Å². The first-order chi connectivity index (χ1) is 8.61. The zero-order valence-electron chi connectivity index (χ0n) is 10.8. The fourth-order valence-corrected chi connectivity index (χ4v) is 1.51. The SMILES string of the molecule is COc1ccc(OCCCN(C)CC(=O)O)cc1. The number of aliphatic carboxylic acids is 1. The first-order valence-electron chi connectivity index (χ1n) is 5.79. The van der Waals surface area contributed by atoms with E-state index in [4.69, 9.17) is 14.6 Å². The van der Waals surface area contributed by atoms with Crippen LogP contribution in [0.15, 0.2) is 24.3 Å². The monoisotopic (exact) mass is 253 g/mol. The number of nitrogens with zero attached hydrogens (tertiary/aromatic N) is 1. The molecule has 1 aromatic carbocycles. The summed E-state index contributed by atoms with van der Waals surface area (Å²) in [5, 5.41) is 8.58. The largest absolute Gasteiger partial charge is 0.497 e. The smallest absolute Gasteiger partial charge is 0.317 e. The van der Waals surface area contributed by atoms with E-state index < -0.39 is 5.97 Å². The second-order valence-corrected chi connectivity index (χ2v) is 4.01. The molecule has 1 rings (SSSR count). The first kappa shape index (κ1) is 14.3. The topological polar surface area (TPSA) is 59.0 Å². The van der Waals surface area contributed by atoms with Crippen molar-refractivity contribution in [1.82, 2.24) is 4.90 Å². The predicted molar refractivity (Wildman–Crippen MR) is 68.2 cm³/mol. The number of hydrogen-bond donors (Lipinski definition) is 1. The van der Waals surface area contributed by atoms with Gasteiger partial charge in [-0.15, -0.1) is 0 Å². The van der Waals surface area contributed by atoms with Crippen LogP contribution < -0.4 is 9.47 Å². The van der Waals surface area contributed by atoms with E-state index >= 15 is 0 Å². The molecule has 0 aliphatic carbocycles. The highest BCUT2D eigenvalue weighted by Gasteiger charge is 2.03. The van der Waals surface area contributed by atoms with Crippen LogP contribution in [0.2, 0.25) is 0 Å². The molecule has 0 heterocycles. The van der Waals surface area contributed by atoms with Gasteiger partial charge >= 0.3 is 5.97 Å². The summed E-state index contributed by atoms with van der Waals surface area (Å²) in [4.78, 5) is 12.2. The van der Waals surface area contributed by atoms with Crippen molar-refractivity contribution in [3.05, 3.63) is 24.3 Å². The lowest BCUT2D eigenvalue weighted by Gasteiger charge is -2.14. The quantitative estimate of drug-likeness (QED) is 0.711. The van der Waals surface area contributed by atoms with Gasteiger partial charge in [0.25, 0.3) is 0 Å². The van der Waals surface area contributed by atoms with E-state index in [1.165, 1.54) is 0 Å². The molecule has 0 fully saturated rings. The van der Waals surface area contributed by atoms with E-state index in [1.54, 1.807) is 19.1 Å². The third kappa shape index (κ3) is 5.54. The van der Waals surface area contributed by atoms with Crippen molar-refractivity contribution in [2.45, 2.75) is 6.42 Å². The molecule has 100 valence electrons.